The van der Waals surface area contributed by atoms with E-state index >= 15 is 0 Å². The molecular weight excluding hydrogens is 214 g/mol. The lowest BCUT2D eigenvalue weighted by atomic mass is 9.95. The molecule has 1 aliphatic heterocycles. The van der Waals surface area contributed by atoms with Gasteiger partial charge in [-0.15, -0.1) is 0 Å². The summed E-state index contributed by atoms with van der Waals surface area (Å²) in [5.74, 6) is 0.894. The summed E-state index contributed by atoms with van der Waals surface area (Å²) in [5, 5.41) is 3.57. The first kappa shape index (κ1) is 12.4. The van der Waals surface area contributed by atoms with Crippen LogP contribution >= 0.6 is 0 Å². The Morgan fingerprint density at radius 1 is 1.35 bits per heavy atom. The van der Waals surface area contributed by atoms with Crippen LogP contribution in [0.5, 0.6) is 5.75 Å². The lowest BCUT2D eigenvalue weighted by molar-refractivity contribution is -0.0504. The lowest BCUT2D eigenvalue weighted by Gasteiger charge is -2.41. The Labute approximate surface area is 103 Å². The molecule has 1 fully saturated rings. The molecule has 0 aliphatic carbocycles. The van der Waals surface area contributed by atoms with Crippen LogP contribution in [0, 0.1) is 0 Å². The van der Waals surface area contributed by atoms with E-state index in [9.17, 15) is 0 Å². The van der Waals surface area contributed by atoms with Gasteiger partial charge in [-0.25, -0.2) is 0 Å². The number of ether oxygens (including phenoxy) is 2. The van der Waals surface area contributed by atoms with E-state index in [-0.39, 0.29) is 17.7 Å². The van der Waals surface area contributed by atoms with E-state index in [2.05, 4.69) is 32.2 Å². The van der Waals surface area contributed by atoms with Crippen LogP contribution in [0.3, 0.4) is 0 Å². The minimum Gasteiger partial charge on any atom is -0.496 e. The van der Waals surface area contributed by atoms with Gasteiger partial charge in [-0.2, -0.15) is 0 Å². The fourth-order valence-corrected chi connectivity index (χ4v) is 2.44. The van der Waals surface area contributed by atoms with E-state index in [4.69, 9.17) is 9.47 Å². The van der Waals surface area contributed by atoms with E-state index < -0.39 is 0 Å². The fourth-order valence-electron chi connectivity index (χ4n) is 2.44. The van der Waals surface area contributed by atoms with Crippen LogP contribution in [0.1, 0.15) is 32.4 Å². The van der Waals surface area contributed by atoms with E-state index in [1.165, 1.54) is 0 Å². The minimum absolute atomic E-state index is 0.0396. The normalized spacial score (nSPS) is 27.8. The molecular formula is C14H21NO2. The Kier molecular flexibility index (Phi) is 3.40. The molecule has 2 rings (SSSR count). The third kappa shape index (κ3) is 2.61. The molecule has 0 amide bonds. The molecule has 0 bridgehead atoms. The number of benzene rings is 1. The van der Waals surface area contributed by atoms with Gasteiger partial charge in [-0.1, -0.05) is 18.2 Å². The van der Waals surface area contributed by atoms with Gasteiger partial charge >= 0.3 is 0 Å². The van der Waals surface area contributed by atoms with Crippen molar-refractivity contribution in [3.63, 3.8) is 0 Å². The third-order valence-electron chi connectivity index (χ3n) is 3.14. The summed E-state index contributed by atoms with van der Waals surface area (Å²) in [4.78, 5) is 0. The Balaban J connectivity index is 2.23. The zero-order valence-electron chi connectivity index (χ0n) is 11.0. The van der Waals surface area contributed by atoms with Crippen molar-refractivity contribution in [2.45, 2.75) is 38.5 Å². The molecule has 0 spiro atoms. The summed E-state index contributed by atoms with van der Waals surface area (Å²) in [5.41, 5.74) is 1.16. The molecule has 0 saturated carbocycles. The zero-order valence-corrected chi connectivity index (χ0v) is 11.0. The van der Waals surface area contributed by atoms with Crippen molar-refractivity contribution in [1.29, 1.82) is 0 Å². The molecule has 1 N–H and O–H groups in total. The van der Waals surface area contributed by atoms with Gasteiger partial charge in [-0.05, 0) is 26.8 Å². The maximum Gasteiger partial charge on any atom is 0.124 e. The van der Waals surface area contributed by atoms with Crippen LogP contribution < -0.4 is 10.1 Å². The SMILES string of the molecule is COc1ccccc1C1OCC(C)(C)NC1C. The first-order chi connectivity index (χ1) is 8.03. The maximum atomic E-state index is 5.99. The number of hydrogen-bond donors (Lipinski definition) is 1. The molecule has 0 aromatic heterocycles. The summed E-state index contributed by atoms with van der Waals surface area (Å²) in [6.45, 7) is 7.17. The van der Waals surface area contributed by atoms with E-state index in [0.717, 1.165) is 11.3 Å². The molecule has 94 valence electrons. The number of para-hydroxylation sites is 1. The van der Waals surface area contributed by atoms with Crippen LogP contribution in [0.2, 0.25) is 0 Å². The zero-order chi connectivity index (χ0) is 12.5. The van der Waals surface area contributed by atoms with Crippen LogP contribution in [0.15, 0.2) is 24.3 Å². The predicted octanol–water partition coefficient (Wildman–Crippen LogP) is 2.52. The van der Waals surface area contributed by atoms with Crippen molar-refractivity contribution in [1.82, 2.24) is 5.32 Å². The number of nitrogens with one attached hydrogen (secondary N) is 1. The van der Waals surface area contributed by atoms with Crippen molar-refractivity contribution in [2.24, 2.45) is 0 Å². The molecule has 1 aromatic rings. The lowest BCUT2D eigenvalue weighted by Crippen LogP contribution is -2.55. The molecule has 0 radical (unpaired) electrons. The fraction of sp³-hybridized carbons (Fsp3) is 0.571. The molecule has 2 unspecified atom stereocenters. The smallest absolute Gasteiger partial charge is 0.124 e. The summed E-state index contributed by atoms with van der Waals surface area (Å²) < 4.78 is 11.4. The molecule has 1 saturated heterocycles. The van der Waals surface area contributed by atoms with Crippen LogP contribution in [0.25, 0.3) is 0 Å². The second kappa shape index (κ2) is 4.67. The number of methoxy groups -OCH3 is 1. The van der Waals surface area contributed by atoms with E-state index in [1.54, 1.807) is 7.11 Å². The van der Waals surface area contributed by atoms with Gasteiger partial charge in [0.05, 0.1) is 13.7 Å². The van der Waals surface area contributed by atoms with Gasteiger partial charge in [0.1, 0.15) is 11.9 Å². The van der Waals surface area contributed by atoms with E-state index in [0.29, 0.717) is 6.61 Å². The largest absolute Gasteiger partial charge is 0.496 e. The van der Waals surface area contributed by atoms with Crippen molar-refractivity contribution < 1.29 is 9.47 Å². The Morgan fingerprint density at radius 2 is 2.06 bits per heavy atom. The molecule has 1 heterocycles. The van der Waals surface area contributed by atoms with Gasteiger partial charge in [0.2, 0.25) is 0 Å². The maximum absolute atomic E-state index is 5.99. The molecule has 17 heavy (non-hydrogen) atoms. The average Bonchev–Trinajstić information content (AvgIpc) is 2.28. The molecule has 1 aliphatic rings. The first-order valence-corrected chi connectivity index (χ1v) is 6.06. The minimum atomic E-state index is 0.0396. The highest BCUT2D eigenvalue weighted by Gasteiger charge is 2.34. The Morgan fingerprint density at radius 3 is 2.71 bits per heavy atom. The van der Waals surface area contributed by atoms with Crippen molar-refractivity contribution in [2.75, 3.05) is 13.7 Å². The van der Waals surface area contributed by atoms with Crippen LogP contribution in [-0.2, 0) is 4.74 Å². The highest BCUT2D eigenvalue weighted by Crippen LogP contribution is 2.33. The topological polar surface area (TPSA) is 30.5 Å². The van der Waals surface area contributed by atoms with Gasteiger partial charge in [0, 0.05) is 17.1 Å². The summed E-state index contributed by atoms with van der Waals surface area (Å²) >= 11 is 0. The van der Waals surface area contributed by atoms with Crippen molar-refractivity contribution >= 4 is 0 Å². The molecule has 2 atom stereocenters. The molecule has 3 nitrogen and oxygen atoms in total. The van der Waals surface area contributed by atoms with Crippen LogP contribution in [-0.4, -0.2) is 25.3 Å². The first-order valence-electron chi connectivity index (χ1n) is 6.06. The molecule has 1 aromatic carbocycles. The number of morpholine rings is 1. The Bertz CT molecular complexity index is 390. The second-order valence-electron chi connectivity index (χ2n) is 5.29. The highest BCUT2D eigenvalue weighted by molar-refractivity contribution is 5.36. The Hall–Kier alpha value is -1.06. The standard InChI is InChI=1S/C14H21NO2/c1-10-13(17-9-14(2,3)15-10)11-7-5-6-8-12(11)16-4/h5-8,10,13,15H,9H2,1-4H3. The number of rotatable bonds is 2. The van der Waals surface area contributed by atoms with Gasteiger partial charge in [-0.3, -0.25) is 0 Å². The van der Waals surface area contributed by atoms with Gasteiger partial charge < -0.3 is 14.8 Å². The van der Waals surface area contributed by atoms with Gasteiger partial charge in [0.15, 0.2) is 0 Å². The van der Waals surface area contributed by atoms with Crippen LogP contribution in [0.4, 0.5) is 0 Å². The van der Waals surface area contributed by atoms with Crippen molar-refractivity contribution in [3.8, 4) is 5.75 Å². The second-order valence-corrected chi connectivity index (χ2v) is 5.29. The molecule has 3 heteroatoms. The van der Waals surface area contributed by atoms with E-state index in [1.807, 2.05) is 18.2 Å². The highest BCUT2D eigenvalue weighted by atomic mass is 16.5. The average molecular weight is 235 g/mol. The van der Waals surface area contributed by atoms with Gasteiger partial charge in [0.25, 0.3) is 0 Å². The summed E-state index contributed by atoms with van der Waals surface area (Å²) in [6, 6.07) is 8.32. The summed E-state index contributed by atoms with van der Waals surface area (Å²) in [7, 11) is 1.70. The predicted molar refractivity (Wildman–Crippen MR) is 68.4 cm³/mol. The number of hydrogen-bond acceptors (Lipinski definition) is 3. The third-order valence-corrected chi connectivity index (χ3v) is 3.14. The summed E-state index contributed by atoms with van der Waals surface area (Å²) in [6.07, 6.45) is 0.0548. The quantitative estimate of drug-likeness (QED) is 0.854. The van der Waals surface area contributed by atoms with Crippen molar-refractivity contribution in [3.05, 3.63) is 29.8 Å². The monoisotopic (exact) mass is 235 g/mol.